The van der Waals surface area contributed by atoms with E-state index in [-0.39, 0.29) is 9.68 Å². The molecule has 0 saturated heterocycles. The van der Waals surface area contributed by atoms with Crippen molar-refractivity contribution in [3.05, 3.63) is 29.8 Å². The van der Waals surface area contributed by atoms with Crippen molar-refractivity contribution in [3.8, 4) is 0 Å². The Labute approximate surface area is 70.7 Å². The van der Waals surface area contributed by atoms with Gasteiger partial charge in [-0.1, -0.05) is 41.9 Å². The van der Waals surface area contributed by atoms with Gasteiger partial charge in [-0.2, -0.15) is 0 Å². The van der Waals surface area contributed by atoms with Crippen molar-refractivity contribution in [1.82, 2.24) is 4.98 Å². The van der Waals surface area contributed by atoms with E-state index in [0.29, 0.717) is 0 Å². The second kappa shape index (κ2) is 4.31. The van der Waals surface area contributed by atoms with E-state index in [2.05, 4.69) is 43.1 Å². The van der Waals surface area contributed by atoms with Crippen molar-refractivity contribution in [2.75, 3.05) is 6.54 Å². The van der Waals surface area contributed by atoms with Gasteiger partial charge in [-0.05, 0) is 13.5 Å². The van der Waals surface area contributed by atoms with Crippen LogP contribution in [0.4, 0.5) is 0 Å². The maximum atomic E-state index is 3.42. The number of hydrogen-bond donors (Lipinski definition) is 1. The van der Waals surface area contributed by atoms with Crippen LogP contribution in [0.5, 0.6) is 0 Å². The first-order valence-electron chi connectivity index (χ1n) is 4.09. The van der Waals surface area contributed by atoms with E-state index >= 15 is 0 Å². The minimum absolute atomic E-state index is 0.177. The van der Waals surface area contributed by atoms with Crippen LogP contribution in [0, 0.1) is 6.92 Å². The molecule has 0 aliphatic carbocycles. The highest BCUT2D eigenvalue weighted by atomic mass is 28.2. The van der Waals surface area contributed by atoms with Crippen LogP contribution in [-0.2, 0) is 0 Å². The molecule has 0 radical (unpaired) electrons. The molecule has 60 valence electrons. The second-order valence-electron chi connectivity index (χ2n) is 2.77. The zero-order chi connectivity index (χ0) is 8.10. The molecule has 2 heteroatoms. The summed E-state index contributed by atoms with van der Waals surface area (Å²) in [7, 11) is -0.177. The molecule has 1 aromatic carbocycles. The Bertz CT molecular complexity index is 205. The molecular formula is C9H15NSi. The van der Waals surface area contributed by atoms with Gasteiger partial charge in [0.15, 0.2) is 0 Å². The Balaban J connectivity index is 2.52. The van der Waals surface area contributed by atoms with Crippen LogP contribution in [-0.4, -0.2) is 16.2 Å². The van der Waals surface area contributed by atoms with E-state index in [9.17, 15) is 0 Å². The van der Waals surface area contributed by atoms with Gasteiger partial charge >= 0.3 is 0 Å². The van der Waals surface area contributed by atoms with Gasteiger partial charge in [0, 0.05) is 0 Å². The third-order valence-corrected chi connectivity index (χ3v) is 3.33. The number of rotatable bonds is 3. The molecule has 0 fully saturated rings. The summed E-state index contributed by atoms with van der Waals surface area (Å²) in [5.41, 5.74) is 1.35. The lowest BCUT2D eigenvalue weighted by atomic mass is 10.2. The summed E-state index contributed by atoms with van der Waals surface area (Å²) in [4.78, 5) is 3.42. The molecule has 0 aromatic heterocycles. The van der Waals surface area contributed by atoms with E-state index < -0.39 is 0 Å². The average Bonchev–Trinajstić information content (AvgIpc) is 2.04. The minimum Gasteiger partial charge on any atom is -0.339 e. The molecule has 0 aliphatic rings. The van der Waals surface area contributed by atoms with Crippen LogP contribution in [0.15, 0.2) is 24.3 Å². The van der Waals surface area contributed by atoms with Gasteiger partial charge < -0.3 is 4.98 Å². The van der Waals surface area contributed by atoms with Crippen molar-refractivity contribution < 1.29 is 0 Å². The summed E-state index contributed by atoms with van der Waals surface area (Å²) in [5, 5.41) is 1.50. The van der Waals surface area contributed by atoms with Crippen molar-refractivity contribution in [2.45, 2.75) is 13.8 Å². The Morgan fingerprint density at radius 2 is 1.91 bits per heavy atom. The van der Waals surface area contributed by atoms with Crippen molar-refractivity contribution >= 4 is 14.9 Å². The highest BCUT2D eigenvalue weighted by molar-refractivity contribution is 6.50. The van der Waals surface area contributed by atoms with Gasteiger partial charge in [-0.15, -0.1) is 0 Å². The molecule has 1 rings (SSSR count). The van der Waals surface area contributed by atoms with Gasteiger partial charge in [0.2, 0.25) is 0 Å². The SMILES string of the molecule is CCN[SiH2]c1ccc(C)cc1. The van der Waals surface area contributed by atoms with Crippen molar-refractivity contribution in [2.24, 2.45) is 0 Å². The van der Waals surface area contributed by atoms with Crippen LogP contribution in [0.3, 0.4) is 0 Å². The summed E-state index contributed by atoms with van der Waals surface area (Å²) >= 11 is 0. The average molecular weight is 165 g/mol. The van der Waals surface area contributed by atoms with E-state index in [0.717, 1.165) is 6.54 Å². The molecule has 0 atom stereocenters. The fourth-order valence-corrected chi connectivity index (χ4v) is 1.99. The molecule has 1 nitrogen and oxygen atoms in total. The lowest BCUT2D eigenvalue weighted by Gasteiger charge is -2.00. The van der Waals surface area contributed by atoms with Crippen LogP contribution < -0.4 is 10.2 Å². The summed E-state index contributed by atoms with van der Waals surface area (Å²) in [6.07, 6.45) is 0. The van der Waals surface area contributed by atoms with Crippen molar-refractivity contribution in [3.63, 3.8) is 0 Å². The van der Waals surface area contributed by atoms with Gasteiger partial charge in [-0.25, -0.2) is 0 Å². The summed E-state index contributed by atoms with van der Waals surface area (Å²) < 4.78 is 0. The minimum atomic E-state index is -0.177. The summed E-state index contributed by atoms with van der Waals surface area (Å²) in [5.74, 6) is 0. The summed E-state index contributed by atoms with van der Waals surface area (Å²) in [6, 6.07) is 8.81. The lowest BCUT2D eigenvalue weighted by molar-refractivity contribution is 1.01. The third-order valence-electron chi connectivity index (χ3n) is 1.70. The highest BCUT2D eigenvalue weighted by Crippen LogP contribution is 1.91. The standard InChI is InChI=1S/C9H15NSi/c1-3-10-11-9-6-4-8(2)5-7-9/h4-7,10H,3,11H2,1-2H3. The predicted octanol–water partition coefficient (Wildman–Crippen LogP) is 0.314. The first-order chi connectivity index (χ1) is 5.33. The van der Waals surface area contributed by atoms with Gasteiger partial charge in [-0.3, -0.25) is 0 Å². The Kier molecular flexibility index (Phi) is 3.33. The molecule has 0 heterocycles. The molecular weight excluding hydrogens is 150 g/mol. The number of nitrogens with one attached hydrogen (secondary N) is 1. The molecule has 1 N–H and O–H groups in total. The van der Waals surface area contributed by atoms with Crippen LogP contribution >= 0.6 is 0 Å². The first-order valence-corrected chi connectivity index (χ1v) is 5.50. The molecule has 0 saturated carbocycles. The number of hydrogen-bond acceptors (Lipinski definition) is 1. The predicted molar refractivity (Wildman–Crippen MR) is 53.0 cm³/mol. The zero-order valence-electron chi connectivity index (χ0n) is 7.22. The molecule has 1 aromatic rings. The molecule has 11 heavy (non-hydrogen) atoms. The third kappa shape index (κ3) is 2.86. The first kappa shape index (κ1) is 8.49. The normalized spacial score (nSPS) is 11.1. The Hall–Kier alpha value is -0.603. The maximum absolute atomic E-state index is 3.42. The quantitative estimate of drug-likeness (QED) is 0.636. The molecule has 0 aliphatic heterocycles. The molecule has 0 spiro atoms. The molecule has 0 bridgehead atoms. The van der Waals surface area contributed by atoms with Crippen LogP contribution in [0.2, 0.25) is 0 Å². The largest absolute Gasteiger partial charge is 0.339 e. The molecule has 0 amide bonds. The summed E-state index contributed by atoms with van der Waals surface area (Å²) in [6.45, 7) is 5.37. The monoisotopic (exact) mass is 165 g/mol. The number of aryl methyl sites for hydroxylation is 1. The van der Waals surface area contributed by atoms with Crippen LogP contribution in [0.1, 0.15) is 12.5 Å². The lowest BCUT2D eigenvalue weighted by Crippen LogP contribution is -2.29. The smallest absolute Gasteiger partial charge is 0.124 e. The molecule has 0 unspecified atom stereocenters. The zero-order valence-corrected chi connectivity index (χ0v) is 8.64. The Morgan fingerprint density at radius 1 is 1.27 bits per heavy atom. The van der Waals surface area contributed by atoms with Gasteiger partial charge in [0.25, 0.3) is 0 Å². The van der Waals surface area contributed by atoms with Crippen molar-refractivity contribution in [1.29, 1.82) is 0 Å². The van der Waals surface area contributed by atoms with E-state index in [1.807, 2.05) is 0 Å². The fraction of sp³-hybridized carbons (Fsp3) is 0.333. The van der Waals surface area contributed by atoms with E-state index in [1.165, 1.54) is 10.8 Å². The van der Waals surface area contributed by atoms with E-state index in [4.69, 9.17) is 0 Å². The van der Waals surface area contributed by atoms with Gasteiger partial charge in [0.1, 0.15) is 9.68 Å². The highest BCUT2D eigenvalue weighted by Gasteiger charge is 1.90. The van der Waals surface area contributed by atoms with Gasteiger partial charge in [0.05, 0.1) is 0 Å². The second-order valence-corrected chi connectivity index (χ2v) is 4.44. The Morgan fingerprint density at radius 3 is 2.45 bits per heavy atom. The topological polar surface area (TPSA) is 12.0 Å². The fourth-order valence-electron chi connectivity index (χ4n) is 0.975. The van der Waals surface area contributed by atoms with E-state index in [1.54, 1.807) is 0 Å². The number of benzene rings is 1. The maximum Gasteiger partial charge on any atom is 0.124 e. The van der Waals surface area contributed by atoms with Crippen LogP contribution in [0.25, 0.3) is 0 Å².